The minimum atomic E-state index is 0.927. The second kappa shape index (κ2) is 19.0. The van der Waals surface area contributed by atoms with Crippen molar-refractivity contribution in [3.8, 4) is 44.5 Å². The Morgan fingerprint density at radius 3 is 1.00 bits per heavy atom. The van der Waals surface area contributed by atoms with Crippen molar-refractivity contribution in [3.05, 3.63) is 290 Å². The molecule has 0 saturated heterocycles. The molecule has 11 aromatic carbocycles. The predicted octanol–water partition coefficient (Wildman–Crippen LogP) is 19.0. The topological polar surface area (TPSA) is 6.48 Å². The maximum Gasteiger partial charge on any atom is 0.0462 e. The first kappa shape index (κ1) is 42.4. The molecule has 0 heterocycles. The molecule has 0 amide bonds. The number of rotatable bonds is 11. The molecule has 0 fully saturated rings. The molecule has 0 atom stereocenters. The Hall–Kier alpha value is -8.98. The number of hydrogen-bond donors (Lipinski definition) is 0. The molecule has 2 heteroatoms. The fourth-order valence-corrected chi connectivity index (χ4v) is 10.2. The Labute approximate surface area is 411 Å². The van der Waals surface area contributed by atoms with Crippen LogP contribution in [0.5, 0.6) is 0 Å². The molecule has 2 nitrogen and oxygen atoms in total. The Morgan fingerprint density at radius 2 is 0.571 bits per heavy atom. The first-order valence-corrected chi connectivity index (χ1v) is 24.3. The van der Waals surface area contributed by atoms with E-state index in [1.54, 1.807) is 0 Å². The minimum absolute atomic E-state index is 0.927. The summed E-state index contributed by atoms with van der Waals surface area (Å²) in [6.07, 6.45) is 6.56. The van der Waals surface area contributed by atoms with Crippen LogP contribution in [0.3, 0.4) is 0 Å². The van der Waals surface area contributed by atoms with E-state index < -0.39 is 0 Å². The highest BCUT2D eigenvalue weighted by molar-refractivity contribution is 5.97. The zero-order chi connectivity index (χ0) is 46.6. The first-order chi connectivity index (χ1) is 34.7. The summed E-state index contributed by atoms with van der Waals surface area (Å²) in [4.78, 5) is 4.79. The van der Waals surface area contributed by atoms with Crippen LogP contribution in [0.4, 0.5) is 28.4 Å². The zero-order valence-corrected chi connectivity index (χ0v) is 38.9. The molecule has 12 rings (SSSR count). The maximum atomic E-state index is 2.44. The number of benzene rings is 11. The fraction of sp³-hybridized carbons (Fsp3) is 0.0294. The van der Waals surface area contributed by atoms with Crippen molar-refractivity contribution in [3.63, 3.8) is 0 Å². The van der Waals surface area contributed by atoms with Gasteiger partial charge in [-0.1, -0.05) is 212 Å². The predicted molar refractivity (Wildman–Crippen MR) is 298 cm³/mol. The minimum Gasteiger partial charge on any atom is -0.314 e. The van der Waals surface area contributed by atoms with E-state index in [4.69, 9.17) is 0 Å². The number of anilines is 5. The van der Waals surface area contributed by atoms with Gasteiger partial charge in [0.05, 0.1) is 0 Å². The van der Waals surface area contributed by atoms with Gasteiger partial charge in [-0.3, -0.25) is 0 Å². The summed E-state index contributed by atoms with van der Waals surface area (Å²) in [7, 11) is 0. The molecule has 332 valence electrons. The largest absolute Gasteiger partial charge is 0.314 e. The van der Waals surface area contributed by atoms with Gasteiger partial charge < -0.3 is 9.80 Å². The average molecular weight is 895 g/mol. The molecular weight excluding hydrogens is 845 g/mol. The molecule has 0 saturated carbocycles. The molecule has 0 aromatic heterocycles. The van der Waals surface area contributed by atoms with E-state index in [1.807, 2.05) is 0 Å². The van der Waals surface area contributed by atoms with Crippen LogP contribution in [0, 0.1) is 0 Å². The van der Waals surface area contributed by atoms with Crippen LogP contribution in [-0.2, 0) is 0 Å². The molecule has 0 unspecified atom stereocenters. The number of allylic oxidation sites excluding steroid dienone is 4. The Balaban J connectivity index is 0.865. The van der Waals surface area contributed by atoms with Gasteiger partial charge in [-0.05, 0) is 157 Å². The summed E-state index contributed by atoms with van der Waals surface area (Å²) in [6.45, 7) is 0. The summed E-state index contributed by atoms with van der Waals surface area (Å²) in [5, 5.41) is 5.09. The highest BCUT2D eigenvalue weighted by Gasteiger charge is 2.20. The van der Waals surface area contributed by atoms with Gasteiger partial charge in [0.25, 0.3) is 0 Å². The van der Waals surface area contributed by atoms with Crippen LogP contribution in [0.25, 0.3) is 71.6 Å². The summed E-state index contributed by atoms with van der Waals surface area (Å²) < 4.78 is 0. The maximum absolute atomic E-state index is 2.44. The van der Waals surface area contributed by atoms with Gasteiger partial charge in [0.2, 0.25) is 0 Å². The van der Waals surface area contributed by atoms with E-state index >= 15 is 0 Å². The van der Waals surface area contributed by atoms with Gasteiger partial charge in [-0.25, -0.2) is 0 Å². The Morgan fingerprint density at radius 1 is 0.229 bits per heavy atom. The second-order valence-electron chi connectivity index (χ2n) is 18.0. The normalized spacial score (nSPS) is 12.3. The lowest BCUT2D eigenvalue weighted by atomic mass is 9.91. The van der Waals surface area contributed by atoms with E-state index in [1.165, 1.54) is 82.9 Å². The third-order valence-corrected chi connectivity index (χ3v) is 13.8. The monoisotopic (exact) mass is 894 g/mol. The van der Waals surface area contributed by atoms with Crippen molar-refractivity contribution < 1.29 is 0 Å². The molecule has 70 heavy (non-hydrogen) atoms. The molecule has 0 N–H and O–H groups in total. The van der Waals surface area contributed by atoms with Crippen LogP contribution >= 0.6 is 0 Å². The molecule has 1 aliphatic rings. The lowest BCUT2D eigenvalue weighted by molar-refractivity contribution is 0.931. The van der Waals surface area contributed by atoms with E-state index in [2.05, 4.69) is 289 Å². The van der Waals surface area contributed by atoms with Gasteiger partial charge in [0.15, 0.2) is 0 Å². The van der Waals surface area contributed by atoms with Crippen molar-refractivity contribution in [2.24, 2.45) is 0 Å². The lowest BCUT2D eigenvalue weighted by Crippen LogP contribution is -2.17. The van der Waals surface area contributed by atoms with Crippen LogP contribution < -0.4 is 9.80 Å². The van der Waals surface area contributed by atoms with Crippen LogP contribution in [0.15, 0.2) is 285 Å². The highest BCUT2D eigenvalue weighted by Crippen LogP contribution is 2.41. The number of nitrogens with zero attached hydrogens (tertiary/aromatic N) is 2. The quantitative estimate of drug-likeness (QED) is 0.128. The first-order valence-electron chi connectivity index (χ1n) is 24.3. The number of hydrogen-bond acceptors (Lipinski definition) is 2. The molecule has 0 radical (unpaired) electrons. The molecule has 1 aliphatic carbocycles. The SMILES string of the molecule is C1=C(c2cccc3ccccc23)CCC(N(c2ccc(-c3ccccc3)cc2)c2ccc(-c3ccc(N(c4ccc(-c5ccccc5)cc4)c4ccc(-c5cccc6ccccc56)cc4)cc3)cc2)=C1. The fourth-order valence-electron chi connectivity index (χ4n) is 10.2. The van der Waals surface area contributed by atoms with Crippen molar-refractivity contribution in [2.45, 2.75) is 12.8 Å². The smallest absolute Gasteiger partial charge is 0.0462 e. The van der Waals surface area contributed by atoms with Crippen LogP contribution in [0.1, 0.15) is 18.4 Å². The molecule has 0 spiro atoms. The molecule has 0 bridgehead atoms. The summed E-state index contributed by atoms with van der Waals surface area (Å²) >= 11 is 0. The van der Waals surface area contributed by atoms with E-state index in [-0.39, 0.29) is 0 Å². The number of fused-ring (bicyclic) bond motifs is 2. The van der Waals surface area contributed by atoms with Crippen molar-refractivity contribution in [1.29, 1.82) is 0 Å². The third kappa shape index (κ3) is 8.49. The molecule has 0 aliphatic heterocycles. The molecular formula is C68H50N2. The van der Waals surface area contributed by atoms with Crippen molar-refractivity contribution in [1.82, 2.24) is 0 Å². The van der Waals surface area contributed by atoms with Crippen molar-refractivity contribution in [2.75, 3.05) is 9.80 Å². The van der Waals surface area contributed by atoms with Gasteiger partial charge in [0, 0.05) is 34.1 Å². The summed E-state index contributed by atoms with van der Waals surface area (Å²) in [5.41, 5.74) is 19.1. The van der Waals surface area contributed by atoms with Crippen molar-refractivity contribution >= 4 is 55.6 Å². The lowest BCUT2D eigenvalue weighted by Gasteiger charge is -2.30. The average Bonchev–Trinajstić information content (AvgIpc) is 3.44. The van der Waals surface area contributed by atoms with E-state index in [0.717, 1.165) is 41.3 Å². The third-order valence-electron chi connectivity index (χ3n) is 13.8. The molecule has 11 aromatic rings. The Bertz CT molecular complexity index is 3640. The highest BCUT2D eigenvalue weighted by atomic mass is 15.2. The standard InChI is InChI=1S/C68H50N2/c1-3-13-49(14-4-1)51-25-37-59(38-26-51)69(63-45-33-57(34-46-63)67-23-11-19-55-17-7-9-21-65(55)67)61-41-29-53(30-42-61)54-31-43-62(44-32-54)70(60-39-27-52(28-40-60)50-15-5-2-6-16-50)64-47-35-58(36-48-64)68-24-12-20-56-18-8-10-22-66(56)68/h1-35,37-47H,36,48H2. The van der Waals surface area contributed by atoms with Gasteiger partial charge in [-0.15, -0.1) is 0 Å². The van der Waals surface area contributed by atoms with E-state index in [9.17, 15) is 0 Å². The zero-order valence-electron chi connectivity index (χ0n) is 38.9. The second-order valence-corrected chi connectivity index (χ2v) is 18.0. The van der Waals surface area contributed by atoms with Gasteiger partial charge in [0.1, 0.15) is 0 Å². The summed E-state index contributed by atoms with van der Waals surface area (Å²) in [6, 6.07) is 96.8. The van der Waals surface area contributed by atoms with E-state index in [0.29, 0.717) is 0 Å². The Kier molecular flexibility index (Phi) is 11.5. The van der Waals surface area contributed by atoms with Gasteiger partial charge in [-0.2, -0.15) is 0 Å². The summed E-state index contributed by atoms with van der Waals surface area (Å²) in [5.74, 6) is 0. The van der Waals surface area contributed by atoms with Gasteiger partial charge >= 0.3 is 0 Å². The van der Waals surface area contributed by atoms with Crippen LogP contribution in [0.2, 0.25) is 0 Å². The van der Waals surface area contributed by atoms with Crippen LogP contribution in [-0.4, -0.2) is 0 Å².